The maximum absolute atomic E-state index is 2.78. The summed E-state index contributed by atoms with van der Waals surface area (Å²) in [7, 11) is 0.0438. The Morgan fingerprint density at radius 3 is 1.94 bits per heavy atom. The minimum atomic E-state index is 0.0438. The van der Waals surface area contributed by atoms with Crippen molar-refractivity contribution in [2.75, 3.05) is 26.2 Å². The summed E-state index contributed by atoms with van der Waals surface area (Å²) in [6.45, 7) is 10.0. The molecular formula is C15H30N2Si. The Bertz CT molecular complexity index is 250. The number of hydrogen-bond donors (Lipinski definition) is 0. The van der Waals surface area contributed by atoms with Gasteiger partial charge in [-0.25, -0.2) is 0 Å². The zero-order chi connectivity index (χ0) is 12.8. The van der Waals surface area contributed by atoms with Crippen molar-refractivity contribution < 1.29 is 0 Å². The second-order valence-electron chi connectivity index (χ2n) is 6.07. The van der Waals surface area contributed by atoms with Crippen molar-refractivity contribution >= 4 is 9.52 Å². The number of rotatable bonds is 6. The molecule has 0 amide bonds. The molecule has 0 aromatic carbocycles. The quantitative estimate of drug-likeness (QED) is 0.538. The van der Waals surface area contributed by atoms with Gasteiger partial charge in [-0.1, -0.05) is 12.1 Å². The summed E-state index contributed by atoms with van der Waals surface area (Å²) in [5.41, 5.74) is 2.83. The third-order valence-electron chi connectivity index (χ3n) is 4.83. The van der Waals surface area contributed by atoms with Crippen LogP contribution in [0.1, 0.15) is 46.0 Å². The van der Waals surface area contributed by atoms with Gasteiger partial charge >= 0.3 is 0 Å². The molecule has 3 heteroatoms. The topological polar surface area (TPSA) is 6.48 Å². The van der Waals surface area contributed by atoms with Gasteiger partial charge in [0.25, 0.3) is 0 Å². The fourth-order valence-electron chi connectivity index (χ4n) is 3.64. The van der Waals surface area contributed by atoms with Gasteiger partial charge in [-0.15, -0.1) is 5.70 Å². The first kappa shape index (κ1) is 14.3. The van der Waals surface area contributed by atoms with E-state index < -0.39 is 0 Å². The molecule has 104 valence electrons. The van der Waals surface area contributed by atoms with E-state index in [0.29, 0.717) is 5.66 Å². The SMILES string of the molecule is CC=C[SiH2]CCC(C)(N1CCCC1)N1CCCC1. The Balaban J connectivity index is 1.96. The van der Waals surface area contributed by atoms with Crippen LogP contribution in [-0.2, 0) is 0 Å². The molecule has 2 fully saturated rings. The molecule has 0 saturated carbocycles. The smallest absolute Gasteiger partial charge is 0.0705 e. The van der Waals surface area contributed by atoms with Crippen LogP contribution in [0.4, 0.5) is 0 Å². The second kappa shape index (κ2) is 6.87. The maximum atomic E-state index is 2.78. The summed E-state index contributed by atoms with van der Waals surface area (Å²) in [4.78, 5) is 5.56. The molecule has 2 rings (SSSR count). The summed E-state index contributed by atoms with van der Waals surface area (Å²) in [6, 6.07) is 1.47. The van der Waals surface area contributed by atoms with Gasteiger partial charge in [0.1, 0.15) is 0 Å². The molecule has 0 bridgehead atoms. The van der Waals surface area contributed by atoms with Gasteiger partial charge in [0.05, 0.1) is 5.66 Å². The first-order chi connectivity index (χ1) is 8.77. The molecule has 0 unspecified atom stereocenters. The van der Waals surface area contributed by atoms with Crippen molar-refractivity contribution in [3.05, 3.63) is 11.8 Å². The van der Waals surface area contributed by atoms with Gasteiger partial charge in [0.2, 0.25) is 0 Å². The Morgan fingerprint density at radius 2 is 1.50 bits per heavy atom. The van der Waals surface area contributed by atoms with Crippen molar-refractivity contribution in [1.82, 2.24) is 9.80 Å². The van der Waals surface area contributed by atoms with E-state index in [2.05, 4.69) is 35.4 Å². The lowest BCUT2D eigenvalue weighted by Gasteiger charge is -2.46. The van der Waals surface area contributed by atoms with E-state index in [9.17, 15) is 0 Å². The highest BCUT2D eigenvalue weighted by atomic mass is 28.2. The summed E-state index contributed by atoms with van der Waals surface area (Å²) in [5.74, 6) is 0. The minimum Gasteiger partial charge on any atom is -0.286 e. The highest BCUT2D eigenvalue weighted by Gasteiger charge is 2.39. The predicted molar refractivity (Wildman–Crippen MR) is 82.8 cm³/mol. The average Bonchev–Trinajstić information content (AvgIpc) is 3.05. The van der Waals surface area contributed by atoms with Crippen LogP contribution >= 0.6 is 0 Å². The Kier molecular flexibility index (Phi) is 5.46. The number of likely N-dealkylation sites (tertiary alicyclic amines) is 2. The summed E-state index contributed by atoms with van der Waals surface area (Å²) in [5, 5.41) is 0. The van der Waals surface area contributed by atoms with E-state index in [0.717, 1.165) is 0 Å². The molecular weight excluding hydrogens is 236 g/mol. The fraction of sp³-hybridized carbons (Fsp3) is 0.867. The van der Waals surface area contributed by atoms with Gasteiger partial charge in [-0.2, -0.15) is 0 Å². The van der Waals surface area contributed by atoms with Crippen molar-refractivity contribution in [1.29, 1.82) is 0 Å². The molecule has 0 aliphatic carbocycles. The minimum absolute atomic E-state index is 0.0438. The monoisotopic (exact) mass is 266 g/mol. The zero-order valence-corrected chi connectivity index (χ0v) is 13.7. The lowest BCUT2D eigenvalue weighted by Crippen LogP contribution is -2.56. The van der Waals surface area contributed by atoms with Crippen LogP contribution in [0.3, 0.4) is 0 Å². The first-order valence-electron chi connectivity index (χ1n) is 7.88. The second-order valence-corrected chi connectivity index (χ2v) is 7.82. The molecule has 2 nitrogen and oxygen atoms in total. The average molecular weight is 267 g/mol. The lowest BCUT2D eigenvalue weighted by molar-refractivity contribution is -0.0213. The van der Waals surface area contributed by atoms with Crippen LogP contribution in [0.2, 0.25) is 6.04 Å². The van der Waals surface area contributed by atoms with Gasteiger partial charge in [0, 0.05) is 9.52 Å². The van der Waals surface area contributed by atoms with Gasteiger partial charge in [0.15, 0.2) is 0 Å². The molecule has 0 spiro atoms. The van der Waals surface area contributed by atoms with E-state index in [-0.39, 0.29) is 9.52 Å². The third-order valence-corrected chi connectivity index (χ3v) is 6.40. The molecule has 0 aromatic rings. The van der Waals surface area contributed by atoms with Crippen LogP contribution in [0.25, 0.3) is 0 Å². The molecule has 0 aromatic heterocycles. The van der Waals surface area contributed by atoms with Gasteiger partial charge in [-0.3, -0.25) is 9.80 Å². The third kappa shape index (κ3) is 3.25. The molecule has 0 atom stereocenters. The van der Waals surface area contributed by atoms with Crippen LogP contribution in [-0.4, -0.2) is 51.2 Å². The molecule has 2 aliphatic rings. The van der Waals surface area contributed by atoms with E-state index in [4.69, 9.17) is 0 Å². The standard InChI is InChI=1S/C15H30N2Si/c1-3-13-18-14-8-15(2,16-9-4-5-10-16)17-11-6-7-12-17/h3,13H,4-12,14,18H2,1-2H3. The number of nitrogens with zero attached hydrogens (tertiary/aromatic N) is 2. The predicted octanol–water partition coefficient (Wildman–Crippen LogP) is 2.41. The van der Waals surface area contributed by atoms with Crippen LogP contribution in [0, 0.1) is 0 Å². The van der Waals surface area contributed by atoms with E-state index in [1.807, 2.05) is 0 Å². The fourth-order valence-corrected chi connectivity index (χ4v) is 5.08. The lowest BCUT2D eigenvalue weighted by atomic mass is 10.1. The summed E-state index contributed by atoms with van der Waals surface area (Å²) >= 11 is 0. The highest BCUT2D eigenvalue weighted by Crippen LogP contribution is 2.32. The zero-order valence-electron chi connectivity index (χ0n) is 12.3. The number of hydrogen-bond acceptors (Lipinski definition) is 2. The Hall–Kier alpha value is -0.123. The van der Waals surface area contributed by atoms with Gasteiger partial charge < -0.3 is 0 Å². The summed E-state index contributed by atoms with van der Waals surface area (Å²) < 4.78 is 0. The largest absolute Gasteiger partial charge is 0.286 e. The molecule has 0 radical (unpaired) electrons. The van der Waals surface area contributed by atoms with Crippen molar-refractivity contribution in [2.45, 2.75) is 57.7 Å². The van der Waals surface area contributed by atoms with Crippen molar-refractivity contribution in [3.8, 4) is 0 Å². The van der Waals surface area contributed by atoms with Crippen molar-refractivity contribution in [2.24, 2.45) is 0 Å². The van der Waals surface area contributed by atoms with Crippen molar-refractivity contribution in [3.63, 3.8) is 0 Å². The van der Waals surface area contributed by atoms with E-state index in [1.165, 1.54) is 64.3 Å². The van der Waals surface area contributed by atoms with Crippen LogP contribution in [0.5, 0.6) is 0 Å². The Labute approximate surface area is 115 Å². The highest BCUT2D eigenvalue weighted by molar-refractivity contribution is 6.41. The molecule has 0 N–H and O–H groups in total. The summed E-state index contributed by atoms with van der Waals surface area (Å²) in [6.07, 6.45) is 9.29. The molecule has 18 heavy (non-hydrogen) atoms. The normalized spacial score (nSPS) is 24.1. The molecule has 2 saturated heterocycles. The number of allylic oxidation sites excluding steroid dienone is 1. The van der Waals surface area contributed by atoms with Gasteiger partial charge in [-0.05, 0) is 72.1 Å². The Morgan fingerprint density at radius 1 is 1.00 bits per heavy atom. The first-order valence-corrected chi connectivity index (χ1v) is 9.70. The van der Waals surface area contributed by atoms with E-state index in [1.54, 1.807) is 0 Å². The maximum Gasteiger partial charge on any atom is 0.0705 e. The van der Waals surface area contributed by atoms with Crippen LogP contribution < -0.4 is 0 Å². The van der Waals surface area contributed by atoms with E-state index >= 15 is 0 Å². The van der Waals surface area contributed by atoms with Crippen LogP contribution in [0.15, 0.2) is 11.8 Å². The molecule has 2 aliphatic heterocycles. The molecule has 2 heterocycles.